The highest BCUT2D eigenvalue weighted by Crippen LogP contribution is 2.31. The van der Waals surface area contributed by atoms with Crippen LogP contribution in [0.25, 0.3) is 10.2 Å². The van der Waals surface area contributed by atoms with Crippen molar-refractivity contribution in [3.8, 4) is 10.9 Å². The molecule has 98 valence electrons. The standard InChI is InChI=1S/C14H19NO2S/c1-9(2)16-13-15-11-8-10(17-14(3,4)5)6-7-12(11)18-13/h6-9H,1-5H3. The zero-order valence-electron chi connectivity index (χ0n) is 11.5. The van der Waals surface area contributed by atoms with E-state index < -0.39 is 0 Å². The summed E-state index contributed by atoms with van der Waals surface area (Å²) in [4.78, 5) is 4.46. The summed E-state index contributed by atoms with van der Waals surface area (Å²) >= 11 is 1.56. The average molecular weight is 265 g/mol. The highest BCUT2D eigenvalue weighted by Gasteiger charge is 2.13. The number of benzene rings is 1. The Kier molecular flexibility index (Phi) is 3.48. The molecule has 3 nitrogen and oxygen atoms in total. The summed E-state index contributed by atoms with van der Waals surface area (Å²) in [5.41, 5.74) is 0.735. The Hall–Kier alpha value is -1.29. The molecule has 2 rings (SSSR count). The van der Waals surface area contributed by atoms with Crippen molar-refractivity contribution in [3.63, 3.8) is 0 Å². The monoisotopic (exact) mass is 265 g/mol. The molecule has 1 heterocycles. The molecule has 0 aliphatic heterocycles. The van der Waals surface area contributed by atoms with Crippen molar-refractivity contribution in [1.29, 1.82) is 0 Å². The molecule has 0 saturated heterocycles. The summed E-state index contributed by atoms with van der Waals surface area (Å²) in [7, 11) is 0. The second-order valence-electron chi connectivity index (χ2n) is 5.49. The molecular formula is C14H19NO2S. The molecule has 0 N–H and O–H groups in total. The second kappa shape index (κ2) is 4.76. The van der Waals surface area contributed by atoms with Gasteiger partial charge in [-0.15, -0.1) is 0 Å². The largest absolute Gasteiger partial charge is 0.488 e. The third-order valence-corrected chi connectivity index (χ3v) is 3.03. The zero-order valence-corrected chi connectivity index (χ0v) is 12.3. The van der Waals surface area contributed by atoms with Gasteiger partial charge in [-0.05, 0) is 46.8 Å². The first-order valence-electron chi connectivity index (χ1n) is 6.10. The predicted octanol–water partition coefficient (Wildman–Crippen LogP) is 4.26. The van der Waals surface area contributed by atoms with Crippen LogP contribution in [0.5, 0.6) is 10.9 Å². The molecule has 0 aliphatic carbocycles. The van der Waals surface area contributed by atoms with Crippen LogP contribution in [-0.2, 0) is 0 Å². The van der Waals surface area contributed by atoms with Gasteiger partial charge < -0.3 is 9.47 Å². The molecular weight excluding hydrogens is 246 g/mol. The van der Waals surface area contributed by atoms with Crippen molar-refractivity contribution in [2.24, 2.45) is 0 Å². The van der Waals surface area contributed by atoms with Crippen LogP contribution >= 0.6 is 11.3 Å². The quantitative estimate of drug-likeness (QED) is 0.831. The molecule has 18 heavy (non-hydrogen) atoms. The van der Waals surface area contributed by atoms with E-state index in [9.17, 15) is 0 Å². The van der Waals surface area contributed by atoms with Crippen LogP contribution < -0.4 is 9.47 Å². The summed E-state index contributed by atoms with van der Waals surface area (Å²) in [6.45, 7) is 10.1. The van der Waals surface area contributed by atoms with Gasteiger partial charge in [0.1, 0.15) is 11.4 Å². The minimum absolute atomic E-state index is 0.149. The van der Waals surface area contributed by atoms with E-state index in [4.69, 9.17) is 9.47 Å². The van der Waals surface area contributed by atoms with Crippen LogP contribution in [-0.4, -0.2) is 16.7 Å². The van der Waals surface area contributed by atoms with Gasteiger partial charge in [0.05, 0.1) is 16.3 Å². The molecule has 0 spiro atoms. The molecule has 0 unspecified atom stereocenters. The van der Waals surface area contributed by atoms with Gasteiger partial charge >= 0.3 is 0 Å². The number of fused-ring (bicyclic) bond motifs is 1. The van der Waals surface area contributed by atoms with Crippen LogP contribution in [0, 0.1) is 0 Å². The lowest BCUT2D eigenvalue weighted by molar-refractivity contribution is 0.131. The molecule has 0 aliphatic rings. The van der Waals surface area contributed by atoms with E-state index in [1.54, 1.807) is 11.3 Å². The summed E-state index contributed by atoms with van der Waals surface area (Å²) in [5.74, 6) is 0.844. The predicted molar refractivity (Wildman–Crippen MR) is 75.8 cm³/mol. The minimum Gasteiger partial charge on any atom is -0.488 e. The number of nitrogens with zero attached hydrogens (tertiary/aromatic N) is 1. The molecule has 0 fully saturated rings. The highest BCUT2D eigenvalue weighted by atomic mass is 32.1. The SMILES string of the molecule is CC(C)Oc1nc2cc(OC(C)(C)C)ccc2s1. The van der Waals surface area contributed by atoms with Gasteiger partial charge in [-0.3, -0.25) is 0 Å². The number of thiazole rings is 1. The first-order valence-corrected chi connectivity index (χ1v) is 6.91. The van der Waals surface area contributed by atoms with Crippen LogP contribution in [0.2, 0.25) is 0 Å². The number of hydrogen-bond acceptors (Lipinski definition) is 4. The maximum atomic E-state index is 5.82. The second-order valence-corrected chi connectivity index (χ2v) is 6.48. The third kappa shape index (κ3) is 3.35. The van der Waals surface area contributed by atoms with E-state index in [1.807, 2.05) is 52.8 Å². The van der Waals surface area contributed by atoms with E-state index in [1.165, 1.54) is 0 Å². The Labute approximate surface area is 112 Å². The molecule has 0 saturated carbocycles. The van der Waals surface area contributed by atoms with Crippen molar-refractivity contribution in [2.75, 3.05) is 0 Å². The fraction of sp³-hybridized carbons (Fsp3) is 0.500. The molecule has 1 aromatic heterocycles. The molecule has 1 aromatic carbocycles. The van der Waals surface area contributed by atoms with Crippen molar-refractivity contribution in [2.45, 2.75) is 46.3 Å². The van der Waals surface area contributed by atoms with Gasteiger partial charge in [0, 0.05) is 6.07 Å². The topological polar surface area (TPSA) is 31.4 Å². The molecule has 0 amide bonds. The van der Waals surface area contributed by atoms with Gasteiger partial charge in [-0.1, -0.05) is 11.3 Å². The molecule has 0 bridgehead atoms. The minimum atomic E-state index is -0.193. The third-order valence-electron chi connectivity index (χ3n) is 2.10. The van der Waals surface area contributed by atoms with Crippen LogP contribution in [0.1, 0.15) is 34.6 Å². The summed E-state index contributed by atoms with van der Waals surface area (Å²) < 4.78 is 12.5. The van der Waals surface area contributed by atoms with Crippen LogP contribution in [0.15, 0.2) is 18.2 Å². The average Bonchev–Trinajstić information content (AvgIpc) is 2.55. The normalized spacial score (nSPS) is 12.1. The summed E-state index contributed by atoms with van der Waals surface area (Å²) in [6, 6.07) is 5.97. The Morgan fingerprint density at radius 3 is 2.56 bits per heavy atom. The van der Waals surface area contributed by atoms with E-state index in [2.05, 4.69) is 4.98 Å². The van der Waals surface area contributed by atoms with Crippen molar-refractivity contribution < 1.29 is 9.47 Å². The molecule has 0 atom stereocenters. The first kappa shape index (κ1) is 13.1. The number of aromatic nitrogens is 1. The van der Waals surface area contributed by atoms with Gasteiger partial charge in [0.2, 0.25) is 0 Å². The number of rotatable bonds is 3. The van der Waals surface area contributed by atoms with E-state index in [0.29, 0.717) is 5.19 Å². The fourth-order valence-corrected chi connectivity index (χ4v) is 2.47. The lowest BCUT2D eigenvalue weighted by Crippen LogP contribution is -2.22. The smallest absolute Gasteiger partial charge is 0.274 e. The van der Waals surface area contributed by atoms with Gasteiger partial charge in [0.15, 0.2) is 0 Å². The number of hydrogen-bond donors (Lipinski definition) is 0. The lowest BCUT2D eigenvalue weighted by Gasteiger charge is -2.20. The van der Waals surface area contributed by atoms with Crippen LogP contribution in [0.3, 0.4) is 0 Å². The summed E-state index contributed by atoms with van der Waals surface area (Å²) in [5, 5.41) is 0.716. The first-order chi connectivity index (χ1) is 8.33. The van der Waals surface area contributed by atoms with E-state index in [0.717, 1.165) is 16.0 Å². The Bertz CT molecular complexity index is 540. The van der Waals surface area contributed by atoms with E-state index >= 15 is 0 Å². The molecule has 0 radical (unpaired) electrons. The Morgan fingerprint density at radius 2 is 1.94 bits per heavy atom. The number of ether oxygens (including phenoxy) is 2. The van der Waals surface area contributed by atoms with E-state index in [-0.39, 0.29) is 11.7 Å². The molecule has 4 heteroatoms. The Morgan fingerprint density at radius 1 is 1.22 bits per heavy atom. The van der Waals surface area contributed by atoms with Gasteiger partial charge in [0.25, 0.3) is 5.19 Å². The van der Waals surface area contributed by atoms with Gasteiger partial charge in [-0.25, -0.2) is 4.98 Å². The lowest BCUT2D eigenvalue weighted by atomic mass is 10.2. The highest BCUT2D eigenvalue weighted by molar-refractivity contribution is 7.20. The van der Waals surface area contributed by atoms with Gasteiger partial charge in [-0.2, -0.15) is 0 Å². The zero-order chi connectivity index (χ0) is 13.3. The van der Waals surface area contributed by atoms with Crippen molar-refractivity contribution in [1.82, 2.24) is 4.98 Å². The van der Waals surface area contributed by atoms with Crippen molar-refractivity contribution in [3.05, 3.63) is 18.2 Å². The van der Waals surface area contributed by atoms with Crippen molar-refractivity contribution >= 4 is 21.6 Å². The Balaban J connectivity index is 2.28. The fourth-order valence-electron chi connectivity index (χ4n) is 1.56. The summed E-state index contributed by atoms with van der Waals surface area (Å²) in [6.07, 6.45) is 0.149. The maximum Gasteiger partial charge on any atom is 0.274 e. The van der Waals surface area contributed by atoms with Crippen LogP contribution in [0.4, 0.5) is 0 Å². The molecule has 2 aromatic rings. The maximum absolute atomic E-state index is 5.82.